The van der Waals surface area contributed by atoms with Crippen molar-refractivity contribution in [1.29, 1.82) is 0 Å². The fourth-order valence-electron chi connectivity index (χ4n) is 8.32. The van der Waals surface area contributed by atoms with Crippen molar-refractivity contribution >= 4 is 31.5 Å². The molecule has 0 aliphatic rings. The van der Waals surface area contributed by atoms with Crippen LogP contribution in [0.4, 0.5) is 0 Å². The highest BCUT2D eigenvalue weighted by Gasteiger charge is 2.18. The second-order valence-corrected chi connectivity index (χ2v) is 16.3. The van der Waals surface area contributed by atoms with E-state index in [0.29, 0.717) is 17.5 Å². The summed E-state index contributed by atoms with van der Waals surface area (Å²) in [5.74, 6) is 1.88. The summed E-state index contributed by atoms with van der Waals surface area (Å²) in [7, 11) is 0. The van der Waals surface area contributed by atoms with Crippen molar-refractivity contribution < 1.29 is 0 Å². The van der Waals surface area contributed by atoms with Gasteiger partial charge in [-0.2, -0.15) is 0 Å². The van der Waals surface area contributed by atoms with Crippen LogP contribution >= 0.6 is 11.3 Å². The minimum atomic E-state index is 0.622. The fraction of sp³-hybridized carbons (Fsp3) is 0. The molecule has 0 saturated carbocycles. The van der Waals surface area contributed by atoms with E-state index in [4.69, 9.17) is 15.0 Å². The van der Waals surface area contributed by atoms with Crippen molar-refractivity contribution in [3.05, 3.63) is 224 Å². The van der Waals surface area contributed by atoms with Crippen LogP contribution in [0.5, 0.6) is 0 Å². The first-order valence-corrected chi connectivity index (χ1v) is 21.3. The largest absolute Gasteiger partial charge is 0.208 e. The van der Waals surface area contributed by atoms with Gasteiger partial charge in [0, 0.05) is 36.9 Å². The molecule has 0 N–H and O–H groups in total. The molecule has 0 atom stereocenters. The molecule has 0 bridgehead atoms. The highest BCUT2D eigenvalue weighted by Crippen LogP contribution is 2.39. The van der Waals surface area contributed by atoms with Gasteiger partial charge in [0.2, 0.25) is 0 Å². The van der Waals surface area contributed by atoms with Gasteiger partial charge in [-0.25, -0.2) is 15.0 Å². The van der Waals surface area contributed by atoms with Crippen LogP contribution in [0.25, 0.3) is 110 Å². The molecule has 9 aromatic carbocycles. The van der Waals surface area contributed by atoms with Crippen molar-refractivity contribution in [3.8, 4) is 89.8 Å². The zero-order valence-electron chi connectivity index (χ0n) is 33.1. The topological polar surface area (TPSA) is 38.7 Å². The van der Waals surface area contributed by atoms with E-state index in [1.54, 1.807) is 0 Å². The Morgan fingerprint density at radius 1 is 0.230 bits per heavy atom. The van der Waals surface area contributed by atoms with Gasteiger partial charge in [-0.3, -0.25) is 0 Å². The Bertz CT molecular complexity index is 3250. The Morgan fingerprint density at radius 2 is 0.623 bits per heavy atom. The summed E-state index contributed by atoms with van der Waals surface area (Å²) in [6.45, 7) is 0. The van der Waals surface area contributed by atoms with E-state index >= 15 is 0 Å². The quantitative estimate of drug-likeness (QED) is 0.154. The first kappa shape index (κ1) is 36.3. The SMILES string of the molecule is c1ccc(-c2ccccc2-c2nc(-c3ccc(-c4cccc(-c5cccc(-c6ccc7sc8ccccc8c7c6)c5)c4)cc3)nc(-c3ccccc3-c3ccccc3)n2)cc1. The number of hydrogen-bond acceptors (Lipinski definition) is 4. The van der Waals surface area contributed by atoms with E-state index in [2.05, 4.69) is 200 Å². The Morgan fingerprint density at radius 3 is 1.20 bits per heavy atom. The minimum Gasteiger partial charge on any atom is -0.208 e. The van der Waals surface area contributed by atoms with Gasteiger partial charge in [-0.15, -0.1) is 11.3 Å². The van der Waals surface area contributed by atoms with E-state index in [1.165, 1.54) is 42.4 Å². The summed E-state index contributed by atoms with van der Waals surface area (Å²) in [6.07, 6.45) is 0. The van der Waals surface area contributed by atoms with Crippen LogP contribution in [0.1, 0.15) is 0 Å². The molecule has 2 heterocycles. The fourth-order valence-corrected chi connectivity index (χ4v) is 9.40. The molecule has 11 rings (SSSR count). The number of hydrogen-bond donors (Lipinski definition) is 0. The normalized spacial score (nSPS) is 11.3. The van der Waals surface area contributed by atoms with Gasteiger partial charge in [0.25, 0.3) is 0 Å². The van der Waals surface area contributed by atoms with Crippen molar-refractivity contribution in [2.45, 2.75) is 0 Å². The number of nitrogens with zero attached hydrogens (tertiary/aromatic N) is 3. The van der Waals surface area contributed by atoms with Crippen LogP contribution in [-0.2, 0) is 0 Å². The predicted octanol–water partition coefficient (Wildman–Crippen LogP) is 15.6. The van der Waals surface area contributed by atoms with E-state index in [0.717, 1.165) is 50.1 Å². The smallest absolute Gasteiger partial charge is 0.164 e. The maximum atomic E-state index is 5.20. The first-order valence-electron chi connectivity index (χ1n) is 20.5. The van der Waals surface area contributed by atoms with Gasteiger partial charge < -0.3 is 0 Å². The molecule has 0 unspecified atom stereocenters. The highest BCUT2D eigenvalue weighted by atomic mass is 32.1. The van der Waals surface area contributed by atoms with Crippen LogP contribution < -0.4 is 0 Å². The lowest BCUT2D eigenvalue weighted by atomic mass is 9.95. The van der Waals surface area contributed by atoms with Crippen LogP contribution in [0.3, 0.4) is 0 Å². The second kappa shape index (κ2) is 15.8. The summed E-state index contributed by atoms with van der Waals surface area (Å²) < 4.78 is 2.64. The molecule has 0 spiro atoms. The molecule has 3 nitrogen and oxygen atoms in total. The van der Waals surface area contributed by atoms with E-state index < -0.39 is 0 Å². The third kappa shape index (κ3) is 7.09. The standard InChI is InChI=1S/C57H37N3S/c1-3-15-39(16-4-1)47-23-7-9-26-50(47)56-58-55(59-57(60-56)51-27-10-8-24-48(51)40-17-5-2-6-18-40)41-31-29-38(30-32-41)42-19-13-20-43(35-42)44-21-14-22-45(36-44)46-33-34-54-52(37-46)49-25-11-12-28-53(49)61-54/h1-37H. The van der Waals surface area contributed by atoms with Crippen molar-refractivity contribution in [1.82, 2.24) is 15.0 Å². The lowest BCUT2D eigenvalue weighted by molar-refractivity contribution is 1.07. The summed E-state index contributed by atoms with van der Waals surface area (Å²) in [6, 6.07) is 79.4. The van der Waals surface area contributed by atoms with Gasteiger partial charge in [-0.1, -0.05) is 194 Å². The lowest BCUT2D eigenvalue weighted by Crippen LogP contribution is -2.02. The van der Waals surface area contributed by atoms with Crippen LogP contribution in [0.15, 0.2) is 224 Å². The summed E-state index contributed by atoms with van der Waals surface area (Å²) in [4.78, 5) is 15.6. The molecule has 0 aliphatic heterocycles. The van der Waals surface area contributed by atoms with E-state index in [1.807, 2.05) is 35.6 Å². The second-order valence-electron chi connectivity index (χ2n) is 15.2. The maximum Gasteiger partial charge on any atom is 0.164 e. The molecule has 286 valence electrons. The van der Waals surface area contributed by atoms with Gasteiger partial charge in [0.05, 0.1) is 0 Å². The number of fused-ring (bicyclic) bond motifs is 3. The molecular formula is C57H37N3S. The van der Waals surface area contributed by atoms with Gasteiger partial charge in [0.15, 0.2) is 17.5 Å². The molecule has 0 radical (unpaired) electrons. The molecule has 2 aromatic heterocycles. The predicted molar refractivity (Wildman–Crippen MR) is 256 cm³/mol. The zero-order chi connectivity index (χ0) is 40.5. The number of benzene rings is 9. The van der Waals surface area contributed by atoms with Crippen LogP contribution in [0, 0.1) is 0 Å². The Balaban J connectivity index is 0.958. The molecule has 4 heteroatoms. The summed E-state index contributed by atoms with van der Waals surface area (Å²) in [5.41, 5.74) is 14.2. The molecular weight excluding hydrogens is 759 g/mol. The Hall–Kier alpha value is -7.79. The van der Waals surface area contributed by atoms with Crippen LogP contribution in [0.2, 0.25) is 0 Å². The molecule has 0 saturated heterocycles. The van der Waals surface area contributed by atoms with E-state index in [9.17, 15) is 0 Å². The van der Waals surface area contributed by atoms with Crippen LogP contribution in [-0.4, -0.2) is 15.0 Å². The third-order valence-electron chi connectivity index (χ3n) is 11.4. The minimum absolute atomic E-state index is 0.622. The lowest BCUT2D eigenvalue weighted by Gasteiger charge is -2.14. The van der Waals surface area contributed by atoms with Crippen molar-refractivity contribution in [2.24, 2.45) is 0 Å². The highest BCUT2D eigenvalue weighted by molar-refractivity contribution is 7.25. The van der Waals surface area contributed by atoms with E-state index in [-0.39, 0.29) is 0 Å². The van der Waals surface area contributed by atoms with Gasteiger partial charge in [0.1, 0.15) is 0 Å². The molecule has 61 heavy (non-hydrogen) atoms. The Kier molecular flexibility index (Phi) is 9.38. The molecule has 0 amide bonds. The van der Waals surface area contributed by atoms with Gasteiger partial charge >= 0.3 is 0 Å². The molecule has 11 aromatic rings. The third-order valence-corrected chi connectivity index (χ3v) is 12.5. The molecule has 0 aliphatic carbocycles. The summed E-state index contributed by atoms with van der Waals surface area (Å²) >= 11 is 1.85. The number of rotatable bonds is 8. The zero-order valence-corrected chi connectivity index (χ0v) is 33.9. The molecule has 0 fully saturated rings. The van der Waals surface area contributed by atoms with Crippen molar-refractivity contribution in [2.75, 3.05) is 0 Å². The Labute approximate surface area is 359 Å². The number of thiophene rings is 1. The monoisotopic (exact) mass is 795 g/mol. The van der Waals surface area contributed by atoms with Gasteiger partial charge in [-0.05, 0) is 86.0 Å². The average molecular weight is 796 g/mol. The number of aromatic nitrogens is 3. The average Bonchev–Trinajstić information content (AvgIpc) is 3.73. The maximum absolute atomic E-state index is 5.20. The van der Waals surface area contributed by atoms with Crippen molar-refractivity contribution in [3.63, 3.8) is 0 Å². The summed E-state index contributed by atoms with van der Waals surface area (Å²) in [5, 5.41) is 2.63. The first-order chi connectivity index (χ1) is 30.2.